The maximum absolute atomic E-state index is 5.89. The molecule has 0 saturated carbocycles. The predicted octanol–water partition coefficient (Wildman–Crippen LogP) is 2.43. The first-order valence-electron chi connectivity index (χ1n) is 6.14. The molecular weight excluding hydrogens is 262 g/mol. The van der Waals surface area contributed by atoms with E-state index in [2.05, 4.69) is 10.1 Å². The number of rotatable bonds is 2. The van der Waals surface area contributed by atoms with E-state index in [1.165, 1.54) is 0 Å². The summed E-state index contributed by atoms with van der Waals surface area (Å²) in [7, 11) is 0. The average Bonchev–Trinajstić information content (AvgIpc) is 2.92. The van der Waals surface area contributed by atoms with Crippen LogP contribution >= 0.6 is 11.8 Å². The molecule has 2 heterocycles. The fraction of sp³-hybridized carbons (Fsp3) is 0.385. The summed E-state index contributed by atoms with van der Waals surface area (Å²) < 4.78 is 11.0. The van der Waals surface area contributed by atoms with Gasteiger partial charge in [-0.1, -0.05) is 11.2 Å². The number of thioether (sulfide) groups is 1. The van der Waals surface area contributed by atoms with E-state index in [1.54, 1.807) is 0 Å². The quantitative estimate of drug-likeness (QED) is 0.850. The predicted molar refractivity (Wildman–Crippen MR) is 74.9 cm³/mol. The zero-order chi connectivity index (χ0) is 13.2. The SMILES string of the molecule is Cc1c(N)cccc1-c1nc(C2CSCCO2)no1. The van der Waals surface area contributed by atoms with E-state index in [1.807, 2.05) is 36.9 Å². The molecule has 2 aromatic rings. The standard InChI is InChI=1S/C13H15N3O2S/c1-8-9(3-2-4-10(8)14)13-15-12(16-18-13)11-7-19-6-5-17-11/h2-4,11H,5-7,14H2,1H3. The van der Waals surface area contributed by atoms with Gasteiger partial charge in [-0.3, -0.25) is 0 Å². The summed E-state index contributed by atoms with van der Waals surface area (Å²) in [4.78, 5) is 4.43. The van der Waals surface area contributed by atoms with Crippen molar-refractivity contribution >= 4 is 17.4 Å². The molecule has 0 spiro atoms. The number of nitrogens with zero attached hydrogens (tertiary/aromatic N) is 2. The van der Waals surface area contributed by atoms with Gasteiger partial charge in [-0.05, 0) is 24.6 Å². The van der Waals surface area contributed by atoms with E-state index in [-0.39, 0.29) is 6.10 Å². The van der Waals surface area contributed by atoms with Gasteiger partial charge >= 0.3 is 0 Å². The van der Waals surface area contributed by atoms with Crippen molar-refractivity contribution in [1.82, 2.24) is 10.1 Å². The second kappa shape index (κ2) is 5.22. The minimum atomic E-state index is -0.0717. The summed E-state index contributed by atoms with van der Waals surface area (Å²) in [6.07, 6.45) is -0.0717. The summed E-state index contributed by atoms with van der Waals surface area (Å²) in [5.74, 6) is 3.01. The number of hydrogen-bond acceptors (Lipinski definition) is 6. The molecule has 1 aromatic heterocycles. The van der Waals surface area contributed by atoms with E-state index < -0.39 is 0 Å². The van der Waals surface area contributed by atoms with E-state index >= 15 is 0 Å². The molecule has 1 aliphatic heterocycles. The number of nitrogen functional groups attached to an aromatic ring is 1. The van der Waals surface area contributed by atoms with Gasteiger partial charge in [0.1, 0.15) is 6.10 Å². The Kier molecular flexibility index (Phi) is 3.44. The molecule has 6 heteroatoms. The third-order valence-electron chi connectivity index (χ3n) is 3.15. The molecule has 0 radical (unpaired) electrons. The van der Waals surface area contributed by atoms with Gasteiger partial charge in [0.05, 0.1) is 6.61 Å². The smallest absolute Gasteiger partial charge is 0.258 e. The molecule has 5 nitrogen and oxygen atoms in total. The van der Waals surface area contributed by atoms with Gasteiger partial charge in [-0.2, -0.15) is 16.7 Å². The molecule has 1 aromatic carbocycles. The zero-order valence-electron chi connectivity index (χ0n) is 10.6. The van der Waals surface area contributed by atoms with E-state index in [0.717, 1.165) is 34.9 Å². The lowest BCUT2D eigenvalue weighted by atomic mass is 10.1. The van der Waals surface area contributed by atoms with Crippen LogP contribution in [0.25, 0.3) is 11.5 Å². The second-order valence-corrected chi connectivity index (χ2v) is 5.56. The highest BCUT2D eigenvalue weighted by atomic mass is 32.2. The maximum Gasteiger partial charge on any atom is 0.258 e. The Labute approximate surface area is 115 Å². The minimum Gasteiger partial charge on any atom is -0.398 e. The van der Waals surface area contributed by atoms with Gasteiger partial charge in [-0.25, -0.2) is 0 Å². The number of benzene rings is 1. The first kappa shape index (κ1) is 12.5. The summed E-state index contributed by atoms with van der Waals surface area (Å²) in [5, 5.41) is 4.02. The Morgan fingerprint density at radius 2 is 2.32 bits per heavy atom. The van der Waals surface area contributed by atoms with Crippen molar-refractivity contribution in [2.24, 2.45) is 0 Å². The van der Waals surface area contributed by atoms with Gasteiger partial charge in [0.25, 0.3) is 5.89 Å². The van der Waals surface area contributed by atoms with Gasteiger partial charge in [-0.15, -0.1) is 0 Å². The molecule has 3 rings (SSSR count). The molecule has 1 saturated heterocycles. The minimum absolute atomic E-state index is 0.0717. The van der Waals surface area contributed by atoms with E-state index in [9.17, 15) is 0 Å². The Bertz CT molecular complexity index is 579. The average molecular weight is 277 g/mol. The van der Waals surface area contributed by atoms with Crippen molar-refractivity contribution in [2.75, 3.05) is 23.8 Å². The molecule has 1 fully saturated rings. The first-order valence-corrected chi connectivity index (χ1v) is 7.29. The topological polar surface area (TPSA) is 74.2 Å². The van der Waals surface area contributed by atoms with Crippen LogP contribution in [0, 0.1) is 6.92 Å². The van der Waals surface area contributed by atoms with Crippen LogP contribution in [0.4, 0.5) is 5.69 Å². The third kappa shape index (κ3) is 2.46. The Morgan fingerprint density at radius 3 is 3.11 bits per heavy atom. The van der Waals surface area contributed by atoms with Crippen molar-refractivity contribution in [3.8, 4) is 11.5 Å². The molecule has 100 valence electrons. The van der Waals surface area contributed by atoms with Crippen LogP contribution in [0.15, 0.2) is 22.7 Å². The zero-order valence-corrected chi connectivity index (χ0v) is 11.4. The highest BCUT2D eigenvalue weighted by molar-refractivity contribution is 7.99. The summed E-state index contributed by atoms with van der Waals surface area (Å²) >= 11 is 1.84. The number of hydrogen-bond donors (Lipinski definition) is 1. The summed E-state index contributed by atoms with van der Waals surface area (Å²) in [5.41, 5.74) is 8.45. The lowest BCUT2D eigenvalue weighted by molar-refractivity contribution is 0.0677. The monoisotopic (exact) mass is 277 g/mol. The lowest BCUT2D eigenvalue weighted by Crippen LogP contribution is -2.16. The fourth-order valence-corrected chi connectivity index (χ4v) is 2.84. The molecule has 1 unspecified atom stereocenters. The fourth-order valence-electron chi connectivity index (χ4n) is 2.00. The number of anilines is 1. The molecule has 2 N–H and O–H groups in total. The molecule has 19 heavy (non-hydrogen) atoms. The number of nitrogens with two attached hydrogens (primary N) is 1. The molecule has 0 amide bonds. The Balaban J connectivity index is 1.90. The van der Waals surface area contributed by atoms with Gasteiger partial charge in [0.15, 0.2) is 0 Å². The first-order chi connectivity index (χ1) is 9.25. The van der Waals surface area contributed by atoms with Gasteiger partial charge in [0.2, 0.25) is 5.82 Å². The molecule has 1 aliphatic rings. The highest BCUT2D eigenvalue weighted by Crippen LogP contribution is 2.29. The van der Waals surface area contributed by atoms with Crippen molar-refractivity contribution < 1.29 is 9.26 Å². The van der Waals surface area contributed by atoms with Crippen LogP contribution in [0.3, 0.4) is 0 Å². The highest BCUT2D eigenvalue weighted by Gasteiger charge is 2.23. The van der Waals surface area contributed by atoms with Crippen LogP contribution in [-0.4, -0.2) is 28.3 Å². The largest absolute Gasteiger partial charge is 0.398 e. The van der Waals surface area contributed by atoms with Gasteiger partial charge in [0, 0.05) is 22.8 Å². The second-order valence-electron chi connectivity index (χ2n) is 4.41. The molecule has 1 atom stereocenters. The Hall–Kier alpha value is -1.53. The van der Waals surface area contributed by atoms with E-state index in [0.29, 0.717) is 11.7 Å². The van der Waals surface area contributed by atoms with Crippen molar-refractivity contribution in [3.05, 3.63) is 29.6 Å². The molecular formula is C13H15N3O2S. The van der Waals surface area contributed by atoms with Gasteiger partial charge < -0.3 is 15.0 Å². The van der Waals surface area contributed by atoms with Crippen LogP contribution < -0.4 is 5.73 Å². The lowest BCUT2D eigenvalue weighted by Gasteiger charge is -2.18. The molecule has 0 bridgehead atoms. The van der Waals surface area contributed by atoms with Crippen LogP contribution in [0.1, 0.15) is 17.5 Å². The summed E-state index contributed by atoms with van der Waals surface area (Å²) in [6.45, 7) is 2.68. The van der Waals surface area contributed by atoms with Crippen molar-refractivity contribution in [2.45, 2.75) is 13.0 Å². The number of ether oxygens (including phenoxy) is 1. The number of aromatic nitrogens is 2. The molecule has 0 aliphatic carbocycles. The maximum atomic E-state index is 5.89. The summed E-state index contributed by atoms with van der Waals surface area (Å²) in [6, 6.07) is 5.67. The van der Waals surface area contributed by atoms with Crippen molar-refractivity contribution in [1.29, 1.82) is 0 Å². The van der Waals surface area contributed by atoms with Crippen LogP contribution in [0.5, 0.6) is 0 Å². The normalized spacial score (nSPS) is 19.5. The van der Waals surface area contributed by atoms with Crippen LogP contribution in [-0.2, 0) is 4.74 Å². The van der Waals surface area contributed by atoms with E-state index in [4.69, 9.17) is 15.0 Å². The third-order valence-corrected chi connectivity index (χ3v) is 4.15. The van der Waals surface area contributed by atoms with Crippen LogP contribution in [0.2, 0.25) is 0 Å². The van der Waals surface area contributed by atoms with Crippen molar-refractivity contribution in [3.63, 3.8) is 0 Å². The Morgan fingerprint density at radius 1 is 1.42 bits per heavy atom.